The molecule has 1 aromatic rings. The molecule has 0 aliphatic heterocycles. The minimum atomic E-state index is -0.161. The predicted octanol–water partition coefficient (Wildman–Crippen LogP) is 4.49. The number of unbranched alkanes of at least 4 members (excludes halogenated alkanes) is 4. The van der Waals surface area contributed by atoms with E-state index in [-0.39, 0.29) is 11.9 Å². The van der Waals surface area contributed by atoms with Crippen molar-refractivity contribution in [1.29, 1.82) is 0 Å². The minimum Gasteiger partial charge on any atom is -0.324 e. The number of rotatable bonds is 7. The van der Waals surface area contributed by atoms with Gasteiger partial charge >= 0.3 is 0 Å². The number of hydrogen-bond acceptors (Lipinski definition) is 1. The molecule has 17 heavy (non-hydrogen) atoms. The van der Waals surface area contributed by atoms with Gasteiger partial charge in [-0.25, -0.2) is 4.39 Å². The fraction of sp³-hybridized carbons (Fsp3) is 0.600. The second-order valence-corrected chi connectivity index (χ2v) is 4.83. The third kappa shape index (κ3) is 4.86. The van der Waals surface area contributed by atoms with Crippen LogP contribution in [0.1, 0.15) is 62.6 Å². The van der Waals surface area contributed by atoms with Crippen molar-refractivity contribution in [3.8, 4) is 0 Å². The van der Waals surface area contributed by atoms with E-state index in [1.165, 1.54) is 25.7 Å². The fourth-order valence-corrected chi connectivity index (χ4v) is 2.06. The van der Waals surface area contributed by atoms with Crippen molar-refractivity contribution in [1.82, 2.24) is 0 Å². The van der Waals surface area contributed by atoms with Crippen LogP contribution in [0.4, 0.5) is 4.39 Å². The lowest BCUT2D eigenvalue weighted by molar-refractivity contribution is 0.526. The molecule has 0 heterocycles. The van der Waals surface area contributed by atoms with Gasteiger partial charge in [0.1, 0.15) is 5.82 Å². The maximum absolute atomic E-state index is 13.7. The lowest BCUT2D eigenvalue weighted by Crippen LogP contribution is -2.12. The van der Waals surface area contributed by atoms with Crippen LogP contribution in [0, 0.1) is 12.7 Å². The Hall–Kier alpha value is -0.890. The fourth-order valence-electron chi connectivity index (χ4n) is 2.06. The van der Waals surface area contributed by atoms with Gasteiger partial charge < -0.3 is 5.73 Å². The third-order valence-electron chi connectivity index (χ3n) is 3.17. The Morgan fingerprint density at radius 1 is 1.18 bits per heavy atom. The van der Waals surface area contributed by atoms with Crippen LogP contribution in [-0.2, 0) is 0 Å². The molecule has 0 aliphatic rings. The first-order chi connectivity index (χ1) is 8.15. The first-order valence-electron chi connectivity index (χ1n) is 6.66. The van der Waals surface area contributed by atoms with Crippen LogP contribution in [0.15, 0.2) is 18.2 Å². The monoisotopic (exact) mass is 237 g/mol. The van der Waals surface area contributed by atoms with Gasteiger partial charge in [0.15, 0.2) is 0 Å². The Morgan fingerprint density at radius 3 is 2.53 bits per heavy atom. The van der Waals surface area contributed by atoms with Crippen molar-refractivity contribution >= 4 is 0 Å². The standard InChI is InChI=1S/C15H24FN/c1-3-4-5-6-7-8-15(17)13-10-9-12(2)11-14(13)16/h9-11,15H,3-8,17H2,1-2H3. The molecule has 2 heteroatoms. The highest BCUT2D eigenvalue weighted by Gasteiger charge is 2.10. The van der Waals surface area contributed by atoms with E-state index in [1.54, 1.807) is 6.07 Å². The summed E-state index contributed by atoms with van der Waals surface area (Å²) in [7, 11) is 0. The van der Waals surface area contributed by atoms with E-state index in [0.29, 0.717) is 5.56 Å². The summed E-state index contributed by atoms with van der Waals surface area (Å²) in [6, 6.07) is 5.15. The van der Waals surface area contributed by atoms with Gasteiger partial charge in [-0.3, -0.25) is 0 Å². The lowest BCUT2D eigenvalue weighted by atomic mass is 9.99. The molecule has 1 aromatic carbocycles. The molecule has 1 rings (SSSR count). The van der Waals surface area contributed by atoms with Crippen molar-refractivity contribution in [2.45, 2.75) is 58.4 Å². The van der Waals surface area contributed by atoms with Crippen molar-refractivity contribution in [2.75, 3.05) is 0 Å². The molecule has 0 bridgehead atoms. The summed E-state index contributed by atoms with van der Waals surface area (Å²) in [5.74, 6) is -0.161. The molecule has 0 spiro atoms. The van der Waals surface area contributed by atoms with Crippen molar-refractivity contribution in [3.63, 3.8) is 0 Å². The zero-order valence-corrected chi connectivity index (χ0v) is 11.0. The highest BCUT2D eigenvalue weighted by Crippen LogP contribution is 2.21. The van der Waals surface area contributed by atoms with E-state index < -0.39 is 0 Å². The van der Waals surface area contributed by atoms with E-state index in [0.717, 1.165) is 18.4 Å². The highest BCUT2D eigenvalue weighted by atomic mass is 19.1. The van der Waals surface area contributed by atoms with Crippen LogP contribution < -0.4 is 5.73 Å². The van der Waals surface area contributed by atoms with Gasteiger partial charge in [-0.1, -0.05) is 51.2 Å². The van der Waals surface area contributed by atoms with Crippen LogP contribution >= 0.6 is 0 Å². The lowest BCUT2D eigenvalue weighted by Gasteiger charge is -2.13. The molecule has 1 unspecified atom stereocenters. The van der Waals surface area contributed by atoms with Crippen LogP contribution in [0.25, 0.3) is 0 Å². The normalized spacial score (nSPS) is 12.7. The molecule has 0 saturated carbocycles. The number of hydrogen-bond donors (Lipinski definition) is 1. The molecule has 1 nitrogen and oxygen atoms in total. The molecule has 1 atom stereocenters. The first-order valence-corrected chi connectivity index (χ1v) is 6.66. The molecule has 2 N–H and O–H groups in total. The summed E-state index contributed by atoms with van der Waals surface area (Å²) in [6.45, 7) is 4.09. The van der Waals surface area contributed by atoms with Crippen LogP contribution in [0.2, 0.25) is 0 Å². The van der Waals surface area contributed by atoms with Crippen molar-refractivity contribution < 1.29 is 4.39 Å². The molecule has 0 radical (unpaired) electrons. The Kier molecular flexibility index (Phi) is 6.20. The molecule has 0 fully saturated rings. The molecule has 0 aliphatic carbocycles. The maximum atomic E-state index is 13.7. The van der Waals surface area contributed by atoms with E-state index >= 15 is 0 Å². The van der Waals surface area contributed by atoms with E-state index in [2.05, 4.69) is 6.92 Å². The summed E-state index contributed by atoms with van der Waals surface area (Å²) >= 11 is 0. The molecule has 0 amide bonds. The minimum absolute atomic E-state index is 0.155. The summed E-state index contributed by atoms with van der Waals surface area (Å²) in [5.41, 5.74) is 7.62. The van der Waals surface area contributed by atoms with E-state index in [9.17, 15) is 4.39 Å². The second kappa shape index (κ2) is 7.44. The van der Waals surface area contributed by atoms with Crippen molar-refractivity contribution in [3.05, 3.63) is 35.1 Å². The Bertz CT molecular complexity index is 336. The number of aryl methyl sites for hydroxylation is 1. The Balaban J connectivity index is 2.38. The van der Waals surface area contributed by atoms with Crippen LogP contribution in [0.3, 0.4) is 0 Å². The zero-order valence-electron chi connectivity index (χ0n) is 11.0. The highest BCUT2D eigenvalue weighted by molar-refractivity contribution is 5.25. The topological polar surface area (TPSA) is 26.0 Å². The average Bonchev–Trinajstić information content (AvgIpc) is 2.28. The largest absolute Gasteiger partial charge is 0.324 e. The van der Waals surface area contributed by atoms with Gasteiger partial charge in [-0.2, -0.15) is 0 Å². The van der Waals surface area contributed by atoms with Gasteiger partial charge in [0.2, 0.25) is 0 Å². The molecule has 96 valence electrons. The summed E-state index contributed by atoms with van der Waals surface area (Å²) in [5, 5.41) is 0. The van der Waals surface area contributed by atoms with Crippen molar-refractivity contribution in [2.24, 2.45) is 5.73 Å². The number of halogens is 1. The van der Waals surface area contributed by atoms with Gasteiger partial charge in [-0.05, 0) is 25.0 Å². The first kappa shape index (κ1) is 14.2. The zero-order chi connectivity index (χ0) is 12.7. The van der Waals surface area contributed by atoms with E-state index in [4.69, 9.17) is 5.73 Å². The summed E-state index contributed by atoms with van der Waals surface area (Å²) < 4.78 is 13.7. The smallest absolute Gasteiger partial charge is 0.128 e. The quantitative estimate of drug-likeness (QED) is 0.694. The Morgan fingerprint density at radius 2 is 1.88 bits per heavy atom. The summed E-state index contributed by atoms with van der Waals surface area (Å²) in [6.07, 6.45) is 6.97. The maximum Gasteiger partial charge on any atom is 0.128 e. The molecular weight excluding hydrogens is 213 g/mol. The number of benzene rings is 1. The van der Waals surface area contributed by atoms with Crippen LogP contribution in [-0.4, -0.2) is 0 Å². The summed E-state index contributed by atoms with van der Waals surface area (Å²) in [4.78, 5) is 0. The molecule has 0 saturated heterocycles. The van der Waals surface area contributed by atoms with Gasteiger partial charge in [0.25, 0.3) is 0 Å². The molecule has 0 aromatic heterocycles. The SMILES string of the molecule is CCCCCCCC(N)c1ccc(C)cc1F. The van der Waals surface area contributed by atoms with E-state index in [1.807, 2.05) is 19.1 Å². The second-order valence-electron chi connectivity index (χ2n) is 4.83. The molecular formula is C15H24FN. The van der Waals surface area contributed by atoms with Crippen LogP contribution in [0.5, 0.6) is 0 Å². The van der Waals surface area contributed by atoms with Gasteiger partial charge in [0.05, 0.1) is 0 Å². The Labute approximate surface area is 104 Å². The average molecular weight is 237 g/mol. The number of nitrogens with two attached hydrogens (primary N) is 1. The van der Waals surface area contributed by atoms with Gasteiger partial charge in [0, 0.05) is 11.6 Å². The third-order valence-corrected chi connectivity index (χ3v) is 3.17. The predicted molar refractivity (Wildman–Crippen MR) is 71.4 cm³/mol. The van der Waals surface area contributed by atoms with Gasteiger partial charge in [-0.15, -0.1) is 0 Å².